The number of aromatic amines is 1. The summed E-state index contributed by atoms with van der Waals surface area (Å²) in [5.41, 5.74) is 3.18. The average Bonchev–Trinajstić information content (AvgIpc) is 3.25. The van der Waals surface area contributed by atoms with Gasteiger partial charge in [-0.2, -0.15) is 0 Å². The minimum atomic E-state index is -0.476. The first-order valence-electron chi connectivity index (χ1n) is 9.86. The highest BCUT2D eigenvalue weighted by molar-refractivity contribution is 6.13. The predicted octanol–water partition coefficient (Wildman–Crippen LogP) is 4.69. The molecule has 0 aliphatic carbocycles. The monoisotopic (exact) mass is 391 g/mol. The van der Waals surface area contributed by atoms with Crippen LogP contribution in [0.1, 0.15) is 37.6 Å². The van der Waals surface area contributed by atoms with Crippen molar-refractivity contribution >= 4 is 33.6 Å². The van der Waals surface area contributed by atoms with Crippen LogP contribution in [0.5, 0.6) is 0 Å². The van der Waals surface area contributed by atoms with Crippen molar-refractivity contribution in [2.45, 2.75) is 33.2 Å². The molecule has 0 saturated carbocycles. The van der Waals surface area contributed by atoms with E-state index >= 15 is 0 Å². The summed E-state index contributed by atoms with van der Waals surface area (Å²) < 4.78 is 6.83. The molecule has 1 atom stereocenters. The van der Waals surface area contributed by atoms with E-state index in [1.165, 1.54) is 4.57 Å². The zero-order valence-corrected chi connectivity index (χ0v) is 17.1. The fourth-order valence-corrected chi connectivity index (χ4v) is 4.00. The van der Waals surface area contributed by atoms with Crippen molar-refractivity contribution in [2.75, 3.05) is 4.90 Å². The van der Waals surface area contributed by atoms with E-state index < -0.39 is 5.76 Å². The number of hydrogen-bond donors (Lipinski definition) is 1. The maximum Gasteiger partial charge on any atom is 0.419 e. The van der Waals surface area contributed by atoms with Crippen molar-refractivity contribution in [1.29, 1.82) is 0 Å². The van der Waals surface area contributed by atoms with Gasteiger partial charge in [-0.15, -0.1) is 0 Å². The van der Waals surface area contributed by atoms with E-state index in [-0.39, 0.29) is 11.9 Å². The number of para-hydroxylation sites is 1. The van der Waals surface area contributed by atoms with Crippen LogP contribution in [0.15, 0.2) is 57.9 Å². The van der Waals surface area contributed by atoms with E-state index in [1.807, 2.05) is 35.4 Å². The van der Waals surface area contributed by atoms with Crippen LogP contribution in [0.4, 0.5) is 5.69 Å². The molecule has 4 aromatic rings. The van der Waals surface area contributed by atoms with Gasteiger partial charge in [0.1, 0.15) is 0 Å². The van der Waals surface area contributed by atoms with Gasteiger partial charge in [-0.1, -0.05) is 19.9 Å². The van der Waals surface area contributed by atoms with Gasteiger partial charge >= 0.3 is 5.76 Å². The molecule has 1 amide bonds. The Morgan fingerprint density at radius 1 is 1.17 bits per heavy atom. The lowest BCUT2D eigenvalue weighted by molar-refractivity contribution is 0.0976. The second kappa shape index (κ2) is 7.28. The summed E-state index contributed by atoms with van der Waals surface area (Å²) >= 11 is 0. The lowest BCUT2D eigenvalue weighted by atomic mass is 10.0. The van der Waals surface area contributed by atoms with Crippen molar-refractivity contribution in [2.24, 2.45) is 13.0 Å². The number of rotatable bonds is 5. The van der Waals surface area contributed by atoms with E-state index in [4.69, 9.17) is 4.42 Å². The highest BCUT2D eigenvalue weighted by Crippen LogP contribution is 2.29. The van der Waals surface area contributed by atoms with Gasteiger partial charge in [0.2, 0.25) is 0 Å². The molecule has 1 N–H and O–H groups in total. The van der Waals surface area contributed by atoms with Gasteiger partial charge in [0.15, 0.2) is 5.58 Å². The maximum absolute atomic E-state index is 13.7. The molecule has 6 nitrogen and oxygen atoms in total. The first-order valence-corrected chi connectivity index (χ1v) is 9.86. The Hall–Kier alpha value is -3.28. The maximum atomic E-state index is 13.7. The average molecular weight is 391 g/mol. The van der Waals surface area contributed by atoms with Crippen LogP contribution in [-0.2, 0) is 7.05 Å². The third-order valence-corrected chi connectivity index (χ3v) is 5.34. The summed E-state index contributed by atoms with van der Waals surface area (Å²) in [4.78, 5) is 30.7. The number of amides is 1. The SMILES string of the molecule is CC(C)C[C@H](C)N(C(=O)c1cccc2c1oc(=O)n2C)c1ccc2[nH]ccc2c1. The first-order chi connectivity index (χ1) is 13.9. The van der Waals surface area contributed by atoms with Crippen molar-refractivity contribution in [3.05, 3.63) is 64.8 Å². The summed E-state index contributed by atoms with van der Waals surface area (Å²) in [6.07, 6.45) is 2.74. The van der Waals surface area contributed by atoms with Crippen LogP contribution in [0.25, 0.3) is 22.0 Å². The van der Waals surface area contributed by atoms with E-state index in [9.17, 15) is 9.59 Å². The highest BCUT2D eigenvalue weighted by atomic mass is 16.4. The topological polar surface area (TPSA) is 71.2 Å². The molecule has 0 spiro atoms. The Morgan fingerprint density at radius 3 is 2.72 bits per heavy atom. The second-order valence-electron chi connectivity index (χ2n) is 7.98. The molecule has 0 fully saturated rings. The molecule has 0 radical (unpaired) electrons. The summed E-state index contributed by atoms with van der Waals surface area (Å²) in [7, 11) is 1.64. The van der Waals surface area contributed by atoms with Gasteiger partial charge in [-0.25, -0.2) is 4.79 Å². The molecule has 0 aliphatic heterocycles. The van der Waals surface area contributed by atoms with E-state index in [1.54, 1.807) is 25.2 Å². The molecular formula is C23H25N3O3. The number of H-pyrrole nitrogens is 1. The van der Waals surface area contributed by atoms with Crippen molar-refractivity contribution < 1.29 is 9.21 Å². The van der Waals surface area contributed by atoms with Crippen molar-refractivity contribution in [3.63, 3.8) is 0 Å². The fraction of sp³-hybridized carbons (Fsp3) is 0.304. The second-order valence-corrected chi connectivity index (χ2v) is 7.98. The number of carbonyl (C=O) groups excluding carboxylic acids is 1. The standard InChI is InChI=1S/C23H25N3O3/c1-14(2)12-15(3)26(17-8-9-19-16(13-17)10-11-24-19)22(27)18-6-5-7-20-21(18)29-23(28)25(20)4/h5-11,13-15,24H,12H2,1-4H3/t15-/m0/s1. The Morgan fingerprint density at radius 2 is 1.97 bits per heavy atom. The quantitative estimate of drug-likeness (QED) is 0.536. The van der Waals surface area contributed by atoms with Crippen molar-refractivity contribution in [3.8, 4) is 0 Å². The minimum absolute atomic E-state index is 0.0235. The van der Waals surface area contributed by atoms with Gasteiger partial charge in [0.05, 0.1) is 11.1 Å². The summed E-state index contributed by atoms with van der Waals surface area (Å²) in [5, 5.41) is 1.04. The van der Waals surface area contributed by atoms with Gasteiger partial charge in [0.25, 0.3) is 5.91 Å². The van der Waals surface area contributed by atoms with Crippen molar-refractivity contribution in [1.82, 2.24) is 9.55 Å². The molecule has 2 heterocycles. The Balaban J connectivity index is 1.85. The Labute approximate surface area is 168 Å². The van der Waals surface area contributed by atoms with E-state index in [0.29, 0.717) is 22.6 Å². The van der Waals surface area contributed by atoms with Gasteiger partial charge in [-0.3, -0.25) is 9.36 Å². The van der Waals surface area contributed by atoms with Crippen LogP contribution in [-0.4, -0.2) is 21.5 Å². The number of nitrogens with one attached hydrogen (secondary N) is 1. The summed E-state index contributed by atoms with van der Waals surface area (Å²) in [6.45, 7) is 6.34. The lowest BCUT2D eigenvalue weighted by Gasteiger charge is -2.31. The smallest absolute Gasteiger partial charge is 0.407 e. The molecule has 6 heteroatoms. The third-order valence-electron chi connectivity index (χ3n) is 5.34. The molecule has 0 bridgehead atoms. The fourth-order valence-electron chi connectivity index (χ4n) is 4.00. The highest BCUT2D eigenvalue weighted by Gasteiger charge is 2.27. The Bertz CT molecular complexity index is 1250. The largest absolute Gasteiger partial charge is 0.419 e. The van der Waals surface area contributed by atoms with Gasteiger partial charge < -0.3 is 14.3 Å². The molecule has 2 aromatic carbocycles. The normalized spacial score (nSPS) is 12.7. The van der Waals surface area contributed by atoms with Gasteiger partial charge in [-0.05, 0) is 55.7 Å². The number of aryl methyl sites for hydroxylation is 1. The van der Waals surface area contributed by atoms with Crippen LogP contribution in [0.3, 0.4) is 0 Å². The van der Waals surface area contributed by atoms with Crippen LogP contribution in [0.2, 0.25) is 0 Å². The number of hydrogen-bond acceptors (Lipinski definition) is 3. The number of aromatic nitrogens is 2. The molecule has 150 valence electrons. The number of fused-ring (bicyclic) bond motifs is 2. The number of benzene rings is 2. The molecule has 29 heavy (non-hydrogen) atoms. The van der Waals surface area contributed by atoms with Crippen LogP contribution < -0.4 is 10.7 Å². The molecule has 0 saturated heterocycles. The molecule has 0 aliphatic rings. The molecule has 2 aromatic heterocycles. The zero-order chi connectivity index (χ0) is 20.7. The van der Waals surface area contributed by atoms with E-state index in [2.05, 4.69) is 25.8 Å². The number of anilines is 1. The number of nitrogens with zero attached hydrogens (tertiary/aromatic N) is 2. The number of oxazole rings is 1. The van der Waals surface area contributed by atoms with E-state index in [0.717, 1.165) is 23.0 Å². The predicted molar refractivity (Wildman–Crippen MR) is 115 cm³/mol. The lowest BCUT2D eigenvalue weighted by Crippen LogP contribution is -2.39. The first kappa shape index (κ1) is 19.1. The van der Waals surface area contributed by atoms with Gasteiger partial charge in [0, 0.05) is 35.9 Å². The summed E-state index contributed by atoms with van der Waals surface area (Å²) in [6, 6.07) is 13.2. The molecule has 0 unspecified atom stereocenters. The minimum Gasteiger partial charge on any atom is -0.407 e. The number of carbonyl (C=O) groups is 1. The Kier molecular flexibility index (Phi) is 4.78. The van der Waals surface area contributed by atoms with Crippen LogP contribution in [0, 0.1) is 5.92 Å². The summed E-state index contributed by atoms with van der Waals surface area (Å²) in [5.74, 6) is -0.217. The third kappa shape index (κ3) is 3.35. The zero-order valence-electron chi connectivity index (χ0n) is 17.1. The molecular weight excluding hydrogens is 366 g/mol. The molecule has 4 rings (SSSR count). The van der Waals surface area contributed by atoms with Crippen LogP contribution >= 0.6 is 0 Å².